The largest absolute Gasteiger partial charge is 0.477 e. The molecule has 0 aromatic carbocycles. The first-order valence-electron chi connectivity index (χ1n) is 5.98. The molecule has 3 aromatic rings. The van der Waals surface area contributed by atoms with E-state index in [1.165, 1.54) is 0 Å². The van der Waals surface area contributed by atoms with Crippen molar-refractivity contribution in [1.29, 1.82) is 0 Å². The van der Waals surface area contributed by atoms with Crippen LogP contribution in [0.4, 0.5) is 5.82 Å². The standard InChI is InChI=1S/C14H11ClN5/c15-11-12(16)17-14(20-9-5-2-6-10-20)18-13(11)19-7-3-1-4-8-19/h1-10H,(H-,16,17,18)/q+1. The van der Waals surface area contributed by atoms with Gasteiger partial charge in [0, 0.05) is 4.98 Å². The fourth-order valence-electron chi connectivity index (χ4n) is 1.78. The van der Waals surface area contributed by atoms with E-state index in [0.717, 1.165) is 0 Å². The number of halogens is 1. The zero-order chi connectivity index (χ0) is 13.9. The van der Waals surface area contributed by atoms with Crippen LogP contribution in [0.15, 0.2) is 61.2 Å². The highest BCUT2D eigenvalue weighted by molar-refractivity contribution is 6.34. The molecular weight excluding hydrogens is 274 g/mol. The van der Waals surface area contributed by atoms with Gasteiger partial charge in [0.2, 0.25) is 0 Å². The van der Waals surface area contributed by atoms with Crippen molar-refractivity contribution in [1.82, 2.24) is 9.97 Å². The zero-order valence-corrected chi connectivity index (χ0v) is 11.2. The molecule has 20 heavy (non-hydrogen) atoms. The Hall–Kier alpha value is -2.53. The van der Waals surface area contributed by atoms with Gasteiger partial charge in [-0.05, 0) is 24.3 Å². The molecule has 0 atom stereocenters. The first kappa shape index (κ1) is 12.5. The van der Waals surface area contributed by atoms with E-state index < -0.39 is 0 Å². The van der Waals surface area contributed by atoms with E-state index in [-0.39, 0.29) is 10.8 Å². The van der Waals surface area contributed by atoms with Crippen LogP contribution < -0.4 is 9.13 Å². The number of hydrogen-bond donors (Lipinski definition) is 0. The predicted octanol–water partition coefficient (Wildman–Crippen LogP) is 2.37. The Morgan fingerprint density at radius 2 is 1.35 bits per heavy atom. The van der Waals surface area contributed by atoms with Crippen LogP contribution in [0.2, 0.25) is 5.02 Å². The number of nitrogens with one attached hydrogen (secondary N) is 1. The average Bonchev–Trinajstić information content (AvgIpc) is 2.51. The lowest BCUT2D eigenvalue weighted by molar-refractivity contribution is -0.614. The molecule has 98 valence electrons. The maximum Gasteiger partial charge on any atom is 0.477 e. The summed E-state index contributed by atoms with van der Waals surface area (Å²) in [5.41, 5.74) is 7.89. The van der Waals surface area contributed by atoms with Crippen molar-refractivity contribution in [3.63, 3.8) is 0 Å². The first-order valence-corrected chi connectivity index (χ1v) is 6.36. The molecule has 5 nitrogen and oxygen atoms in total. The molecule has 0 aliphatic rings. The first-order chi connectivity index (χ1) is 9.75. The number of hydrogen-bond acceptors (Lipinski definition) is 2. The lowest BCUT2D eigenvalue weighted by atomic mass is 10.4. The van der Waals surface area contributed by atoms with E-state index in [1.54, 1.807) is 9.13 Å². The highest BCUT2D eigenvalue weighted by Gasteiger charge is 2.24. The summed E-state index contributed by atoms with van der Waals surface area (Å²) in [6.07, 6.45) is 7.30. The molecule has 3 heterocycles. The predicted molar refractivity (Wildman–Crippen MR) is 74.1 cm³/mol. The van der Waals surface area contributed by atoms with Crippen molar-refractivity contribution in [3.8, 4) is 11.8 Å². The third-order valence-electron chi connectivity index (χ3n) is 2.73. The van der Waals surface area contributed by atoms with Crippen molar-refractivity contribution in [3.05, 3.63) is 71.9 Å². The highest BCUT2D eigenvalue weighted by atomic mass is 35.5. The molecule has 0 spiro atoms. The number of nitrogens with zero attached hydrogens (tertiary/aromatic N) is 4. The Labute approximate surface area is 120 Å². The zero-order valence-electron chi connectivity index (χ0n) is 10.4. The van der Waals surface area contributed by atoms with Crippen LogP contribution in [0.3, 0.4) is 0 Å². The summed E-state index contributed by atoms with van der Waals surface area (Å²) in [5.74, 6) is 0.893. The van der Waals surface area contributed by atoms with Gasteiger partial charge >= 0.3 is 11.8 Å². The molecule has 0 aliphatic heterocycles. The number of aromatic nitrogens is 4. The summed E-state index contributed by atoms with van der Waals surface area (Å²) in [6.45, 7) is 0. The molecule has 0 saturated carbocycles. The van der Waals surface area contributed by atoms with E-state index >= 15 is 0 Å². The summed E-state index contributed by atoms with van der Waals surface area (Å²) in [4.78, 5) is 8.54. The second-order valence-electron chi connectivity index (χ2n) is 4.08. The van der Waals surface area contributed by atoms with Gasteiger partial charge in [0.05, 0.1) is 24.8 Å². The third kappa shape index (κ3) is 2.31. The maximum atomic E-state index is 7.89. The van der Waals surface area contributed by atoms with Crippen LogP contribution in [-0.4, -0.2) is 9.97 Å². The van der Waals surface area contributed by atoms with Crippen LogP contribution in [0.1, 0.15) is 0 Å². The van der Waals surface area contributed by atoms with Crippen LogP contribution in [-0.2, 0) is 0 Å². The van der Waals surface area contributed by atoms with Gasteiger partial charge in [-0.1, -0.05) is 28.7 Å². The van der Waals surface area contributed by atoms with Gasteiger partial charge in [-0.25, -0.2) is 4.57 Å². The summed E-state index contributed by atoms with van der Waals surface area (Å²) >= 11 is 6.14. The maximum absolute atomic E-state index is 7.89. The average molecular weight is 285 g/mol. The summed E-state index contributed by atoms with van der Waals surface area (Å²) in [7, 11) is 0. The quantitative estimate of drug-likeness (QED) is 0.678. The number of pyridine rings is 2. The normalized spacial score (nSPS) is 10.4. The van der Waals surface area contributed by atoms with Gasteiger partial charge in [0.15, 0.2) is 10.8 Å². The lowest BCUT2D eigenvalue weighted by Gasteiger charge is -2.01. The van der Waals surface area contributed by atoms with Crippen LogP contribution in [0.5, 0.6) is 0 Å². The van der Waals surface area contributed by atoms with Crippen LogP contribution in [0, 0.1) is 0 Å². The minimum absolute atomic E-state index is 0.000581. The Kier molecular flexibility index (Phi) is 3.26. The Balaban J connectivity index is 2.19. The highest BCUT2D eigenvalue weighted by Crippen LogP contribution is 2.24. The number of rotatable bonds is 2. The van der Waals surface area contributed by atoms with Crippen molar-refractivity contribution in [2.24, 2.45) is 0 Å². The van der Waals surface area contributed by atoms with E-state index in [0.29, 0.717) is 11.8 Å². The summed E-state index contributed by atoms with van der Waals surface area (Å²) in [5, 5.41) is 0.224. The molecule has 1 N–H and O–H groups in total. The molecule has 0 aliphatic carbocycles. The Morgan fingerprint density at radius 3 is 1.95 bits per heavy atom. The topological polar surface area (TPSA) is 57.3 Å². The fraction of sp³-hybridized carbons (Fsp3) is 0. The van der Waals surface area contributed by atoms with Crippen LogP contribution in [0.25, 0.3) is 17.5 Å². The smallest absolute Gasteiger partial charge is 0.446 e. The third-order valence-corrected chi connectivity index (χ3v) is 3.08. The van der Waals surface area contributed by atoms with Crippen molar-refractivity contribution < 1.29 is 9.13 Å². The van der Waals surface area contributed by atoms with Crippen molar-refractivity contribution >= 4 is 17.4 Å². The molecule has 0 unspecified atom stereocenters. The molecule has 0 radical (unpaired) electrons. The summed E-state index contributed by atoms with van der Waals surface area (Å²) in [6, 6.07) is 11.3. The molecule has 3 rings (SSSR count). The second kappa shape index (κ2) is 5.22. The van der Waals surface area contributed by atoms with Gasteiger partial charge in [-0.3, -0.25) is 0 Å². The van der Waals surface area contributed by atoms with Gasteiger partial charge in [-0.15, -0.1) is 0 Å². The Bertz CT molecular complexity index is 731. The lowest BCUT2D eigenvalue weighted by Crippen LogP contribution is -2.36. The molecule has 0 fully saturated rings. The summed E-state index contributed by atoms with van der Waals surface area (Å²) < 4.78 is 3.50. The fourth-order valence-corrected chi connectivity index (χ4v) is 1.96. The van der Waals surface area contributed by atoms with E-state index in [2.05, 4.69) is 9.97 Å². The SMILES string of the molecule is [NH-]c1nc(-[n+]2ccccc2)nc(-[n+]2ccccc2)c1Cl. The van der Waals surface area contributed by atoms with Crippen LogP contribution >= 0.6 is 11.6 Å². The minimum atomic E-state index is -0.000581. The monoisotopic (exact) mass is 284 g/mol. The van der Waals surface area contributed by atoms with E-state index in [4.69, 9.17) is 17.3 Å². The van der Waals surface area contributed by atoms with Gasteiger partial charge in [0.25, 0.3) is 0 Å². The minimum Gasteiger partial charge on any atom is -0.446 e. The van der Waals surface area contributed by atoms with Crippen molar-refractivity contribution in [2.75, 3.05) is 0 Å². The molecule has 0 saturated heterocycles. The van der Waals surface area contributed by atoms with Gasteiger partial charge in [-0.2, -0.15) is 4.57 Å². The van der Waals surface area contributed by atoms with Gasteiger partial charge in [0.1, 0.15) is 0 Å². The molecule has 3 aromatic heterocycles. The molecule has 0 amide bonds. The van der Waals surface area contributed by atoms with E-state index in [9.17, 15) is 0 Å². The second-order valence-corrected chi connectivity index (χ2v) is 4.45. The molecular formula is C14H11ClN5+. The van der Waals surface area contributed by atoms with E-state index in [1.807, 2.05) is 61.2 Å². The van der Waals surface area contributed by atoms with Crippen molar-refractivity contribution in [2.45, 2.75) is 0 Å². The van der Waals surface area contributed by atoms with Gasteiger partial charge < -0.3 is 5.73 Å². The molecule has 0 bridgehead atoms. The molecule has 6 heteroatoms. The Morgan fingerprint density at radius 1 is 0.800 bits per heavy atom.